The SMILES string of the molecule is COC(=O)C1(C)Nc2c(O)cc3c(c(CO)cn3C(=O)c3cc4cc(OC)c(OC)c(OC)c4[nH]3)c2C1=O. The second-order valence-electron chi connectivity index (χ2n) is 8.89. The van der Waals surface area contributed by atoms with Crippen molar-refractivity contribution in [2.45, 2.75) is 19.1 Å². The van der Waals surface area contributed by atoms with Gasteiger partial charge in [0.05, 0.1) is 57.3 Å². The summed E-state index contributed by atoms with van der Waals surface area (Å²) in [5.74, 6) is -1.30. The van der Waals surface area contributed by atoms with Crippen molar-refractivity contribution in [2.75, 3.05) is 33.8 Å². The van der Waals surface area contributed by atoms with Crippen LogP contribution in [0.4, 0.5) is 5.69 Å². The summed E-state index contributed by atoms with van der Waals surface area (Å²) < 4.78 is 22.3. The maximum absolute atomic E-state index is 13.7. The van der Waals surface area contributed by atoms with E-state index < -0.39 is 29.8 Å². The Balaban J connectivity index is 1.71. The molecule has 198 valence electrons. The van der Waals surface area contributed by atoms with Gasteiger partial charge in [0.15, 0.2) is 17.0 Å². The zero-order chi connectivity index (χ0) is 27.5. The normalized spacial score (nSPS) is 16.4. The molecule has 0 bridgehead atoms. The van der Waals surface area contributed by atoms with E-state index >= 15 is 0 Å². The molecule has 0 saturated carbocycles. The van der Waals surface area contributed by atoms with Crippen molar-refractivity contribution < 1.29 is 43.5 Å². The van der Waals surface area contributed by atoms with Crippen LogP contribution in [-0.2, 0) is 16.1 Å². The number of H-pyrrole nitrogens is 1. The summed E-state index contributed by atoms with van der Waals surface area (Å²) in [5.41, 5.74) is -0.719. The summed E-state index contributed by atoms with van der Waals surface area (Å²) in [6.45, 7) is 0.832. The van der Waals surface area contributed by atoms with E-state index in [1.54, 1.807) is 12.1 Å². The Bertz CT molecular complexity index is 1670. The van der Waals surface area contributed by atoms with Crippen LogP contribution in [0.3, 0.4) is 0 Å². The number of Topliss-reactive ketones (excluding diaryl/α,β-unsaturated/α-hetero) is 1. The number of nitrogens with one attached hydrogen (secondary N) is 2. The van der Waals surface area contributed by atoms with Gasteiger partial charge in [0, 0.05) is 28.6 Å². The van der Waals surface area contributed by atoms with E-state index in [9.17, 15) is 24.6 Å². The minimum atomic E-state index is -1.78. The molecule has 4 N–H and O–H groups in total. The number of aliphatic hydroxyl groups is 1. The highest BCUT2D eigenvalue weighted by Gasteiger charge is 2.51. The molecule has 1 aliphatic heterocycles. The standard InChI is InChI=1S/C26H25N3O9/c1-26(25(34)38-5)23(32)18-17-12(10-30)9-29(14(17)8-15(31)20(18)28-26)24(33)13-6-11-7-16(35-2)21(36-3)22(37-4)19(11)27-13/h6-9,27-28,30-31H,10H2,1-5H3. The number of aliphatic hydroxyl groups excluding tert-OH is 1. The van der Waals surface area contributed by atoms with Crippen LogP contribution in [0, 0.1) is 0 Å². The summed E-state index contributed by atoms with van der Waals surface area (Å²) in [6.07, 6.45) is 1.39. The van der Waals surface area contributed by atoms with Crippen molar-refractivity contribution in [3.05, 3.63) is 41.2 Å². The molecule has 3 heterocycles. The topological polar surface area (TPSA) is 161 Å². The predicted molar refractivity (Wildman–Crippen MR) is 136 cm³/mol. The summed E-state index contributed by atoms with van der Waals surface area (Å²) in [5, 5.41) is 24.5. The summed E-state index contributed by atoms with van der Waals surface area (Å²) in [4.78, 5) is 42.6. The fraction of sp³-hybridized carbons (Fsp3) is 0.269. The van der Waals surface area contributed by atoms with E-state index in [4.69, 9.17) is 18.9 Å². The van der Waals surface area contributed by atoms with Gasteiger partial charge in [0.2, 0.25) is 11.5 Å². The van der Waals surface area contributed by atoms with Crippen LogP contribution in [0.1, 0.15) is 33.3 Å². The number of hydrogen-bond acceptors (Lipinski definition) is 10. The number of aromatic nitrogens is 2. The highest BCUT2D eigenvalue weighted by molar-refractivity contribution is 6.30. The first-order valence-corrected chi connectivity index (χ1v) is 11.4. The zero-order valence-electron chi connectivity index (χ0n) is 21.2. The van der Waals surface area contributed by atoms with Crippen LogP contribution < -0.4 is 19.5 Å². The third kappa shape index (κ3) is 3.23. The largest absolute Gasteiger partial charge is 0.506 e. The molecule has 0 spiro atoms. The van der Waals surface area contributed by atoms with E-state index in [2.05, 4.69) is 10.3 Å². The molecular formula is C26H25N3O9. The number of carbonyl (C=O) groups is 3. The first-order chi connectivity index (χ1) is 18.1. The van der Waals surface area contributed by atoms with Gasteiger partial charge in [-0.15, -0.1) is 0 Å². The number of esters is 1. The molecule has 1 unspecified atom stereocenters. The summed E-state index contributed by atoms with van der Waals surface area (Å²) in [6, 6.07) is 4.58. The van der Waals surface area contributed by atoms with E-state index in [-0.39, 0.29) is 39.2 Å². The Morgan fingerprint density at radius 3 is 2.37 bits per heavy atom. The van der Waals surface area contributed by atoms with Gasteiger partial charge in [0.1, 0.15) is 11.4 Å². The maximum Gasteiger partial charge on any atom is 0.339 e. The Labute approximate surface area is 215 Å². The van der Waals surface area contributed by atoms with Crippen molar-refractivity contribution in [1.82, 2.24) is 9.55 Å². The lowest BCUT2D eigenvalue weighted by Crippen LogP contribution is -2.47. The molecule has 38 heavy (non-hydrogen) atoms. The monoisotopic (exact) mass is 523 g/mol. The van der Waals surface area contributed by atoms with Gasteiger partial charge in [-0.2, -0.15) is 0 Å². The number of fused-ring (bicyclic) bond motifs is 4. The average molecular weight is 523 g/mol. The highest BCUT2D eigenvalue weighted by Crippen LogP contribution is 2.46. The van der Waals surface area contributed by atoms with Gasteiger partial charge in [0.25, 0.3) is 5.91 Å². The van der Waals surface area contributed by atoms with Crippen molar-refractivity contribution in [3.8, 4) is 23.0 Å². The van der Waals surface area contributed by atoms with Gasteiger partial charge in [-0.1, -0.05) is 0 Å². The quantitative estimate of drug-likeness (QED) is 0.168. The Kier molecular flexibility index (Phi) is 5.71. The van der Waals surface area contributed by atoms with Crippen LogP contribution in [0.15, 0.2) is 24.4 Å². The number of aromatic amines is 1. The Hall–Kier alpha value is -4.71. The van der Waals surface area contributed by atoms with E-state index in [1.165, 1.54) is 45.1 Å². The van der Waals surface area contributed by atoms with E-state index in [0.29, 0.717) is 28.2 Å². The smallest absolute Gasteiger partial charge is 0.339 e. The number of ether oxygens (including phenoxy) is 4. The Morgan fingerprint density at radius 1 is 1.05 bits per heavy atom. The third-order valence-electron chi connectivity index (χ3n) is 6.84. The number of nitrogens with zero attached hydrogens (tertiary/aromatic N) is 1. The Morgan fingerprint density at radius 2 is 1.76 bits per heavy atom. The van der Waals surface area contributed by atoms with E-state index in [0.717, 1.165) is 7.11 Å². The molecule has 4 aromatic rings. The summed E-state index contributed by atoms with van der Waals surface area (Å²) in [7, 11) is 5.56. The maximum atomic E-state index is 13.7. The fourth-order valence-electron chi connectivity index (χ4n) is 5.00. The van der Waals surface area contributed by atoms with Crippen LogP contribution in [0.2, 0.25) is 0 Å². The number of ketones is 1. The minimum absolute atomic E-state index is 0.0173. The average Bonchev–Trinajstić information content (AvgIpc) is 3.59. The zero-order valence-corrected chi connectivity index (χ0v) is 21.2. The number of phenolic OH excluding ortho intramolecular Hbond substituents is 1. The molecule has 12 heteroatoms. The van der Waals surface area contributed by atoms with E-state index in [1.807, 2.05) is 0 Å². The fourth-order valence-corrected chi connectivity index (χ4v) is 5.00. The second-order valence-corrected chi connectivity index (χ2v) is 8.89. The minimum Gasteiger partial charge on any atom is -0.506 e. The highest BCUT2D eigenvalue weighted by atomic mass is 16.5. The number of anilines is 1. The second kappa shape index (κ2) is 8.70. The lowest BCUT2D eigenvalue weighted by Gasteiger charge is -2.19. The third-order valence-corrected chi connectivity index (χ3v) is 6.84. The summed E-state index contributed by atoms with van der Waals surface area (Å²) >= 11 is 0. The molecule has 2 aromatic heterocycles. The first-order valence-electron chi connectivity index (χ1n) is 11.4. The number of aromatic hydroxyl groups is 1. The molecule has 1 atom stereocenters. The molecule has 12 nitrogen and oxygen atoms in total. The number of methoxy groups -OCH3 is 4. The molecule has 0 fully saturated rings. The molecule has 0 aliphatic carbocycles. The lowest BCUT2D eigenvalue weighted by molar-refractivity contribution is -0.143. The lowest BCUT2D eigenvalue weighted by atomic mass is 9.93. The molecular weight excluding hydrogens is 498 g/mol. The number of hydrogen-bond donors (Lipinski definition) is 4. The molecule has 5 rings (SSSR count). The van der Waals surface area contributed by atoms with Crippen LogP contribution in [0.5, 0.6) is 23.0 Å². The van der Waals surface area contributed by atoms with Crippen molar-refractivity contribution in [3.63, 3.8) is 0 Å². The first kappa shape index (κ1) is 25.0. The molecule has 2 aromatic carbocycles. The van der Waals surface area contributed by atoms with Gasteiger partial charge in [-0.3, -0.25) is 14.2 Å². The van der Waals surface area contributed by atoms with Gasteiger partial charge < -0.3 is 39.5 Å². The van der Waals surface area contributed by atoms with Gasteiger partial charge in [-0.25, -0.2) is 4.79 Å². The van der Waals surface area contributed by atoms with Crippen LogP contribution >= 0.6 is 0 Å². The van der Waals surface area contributed by atoms with Gasteiger partial charge in [-0.05, 0) is 19.1 Å². The van der Waals surface area contributed by atoms with Crippen molar-refractivity contribution in [2.24, 2.45) is 0 Å². The number of phenols is 1. The van der Waals surface area contributed by atoms with Crippen molar-refractivity contribution in [1.29, 1.82) is 0 Å². The molecule has 0 amide bonds. The van der Waals surface area contributed by atoms with Crippen LogP contribution in [0.25, 0.3) is 21.8 Å². The number of rotatable bonds is 6. The number of carbonyl (C=O) groups excluding carboxylic acids is 3. The van der Waals surface area contributed by atoms with Gasteiger partial charge >= 0.3 is 5.97 Å². The van der Waals surface area contributed by atoms with Crippen molar-refractivity contribution >= 4 is 45.2 Å². The van der Waals surface area contributed by atoms with Crippen LogP contribution in [-0.4, -0.2) is 71.4 Å². The molecule has 1 aliphatic rings. The molecule has 0 saturated heterocycles. The molecule has 0 radical (unpaired) electrons. The predicted octanol–water partition coefficient (Wildman–Crippen LogP) is 2.57. The number of benzene rings is 2.